The van der Waals surface area contributed by atoms with Crippen LogP contribution in [0.15, 0.2) is 40.7 Å². The van der Waals surface area contributed by atoms with Crippen LogP contribution < -0.4 is 5.32 Å². The zero-order valence-electron chi connectivity index (χ0n) is 14.0. The van der Waals surface area contributed by atoms with E-state index in [4.69, 9.17) is 4.74 Å². The number of nitriles is 2. The lowest BCUT2D eigenvalue weighted by atomic mass is 9.81. The molecule has 0 saturated carbocycles. The Morgan fingerprint density at radius 1 is 1.20 bits per heavy atom. The SMILES string of the molecule is COC(=O)c1n[nH]c2ccc(C3C(C#N)=C(C)NC(C)=C3C#N)cc12. The van der Waals surface area contributed by atoms with E-state index >= 15 is 0 Å². The van der Waals surface area contributed by atoms with Gasteiger partial charge >= 0.3 is 5.97 Å². The fourth-order valence-corrected chi connectivity index (χ4v) is 3.09. The van der Waals surface area contributed by atoms with Crippen molar-refractivity contribution in [3.8, 4) is 12.1 Å². The molecule has 0 unspecified atom stereocenters. The van der Waals surface area contributed by atoms with Gasteiger partial charge in [-0.3, -0.25) is 5.10 Å². The number of aromatic nitrogens is 2. The highest BCUT2D eigenvalue weighted by atomic mass is 16.5. The molecule has 7 nitrogen and oxygen atoms in total. The highest BCUT2D eigenvalue weighted by Crippen LogP contribution is 2.38. The number of methoxy groups -OCH3 is 1. The number of nitrogens with one attached hydrogen (secondary N) is 2. The number of esters is 1. The van der Waals surface area contributed by atoms with E-state index in [0.717, 1.165) is 5.56 Å². The molecule has 1 aromatic heterocycles. The predicted molar refractivity (Wildman–Crippen MR) is 89.9 cm³/mol. The highest BCUT2D eigenvalue weighted by molar-refractivity contribution is 6.02. The second-order valence-electron chi connectivity index (χ2n) is 5.73. The van der Waals surface area contributed by atoms with Crippen molar-refractivity contribution in [2.24, 2.45) is 0 Å². The van der Waals surface area contributed by atoms with Crippen LogP contribution in [-0.2, 0) is 4.74 Å². The number of aromatic amines is 1. The first-order valence-electron chi connectivity index (χ1n) is 7.56. The normalized spacial score (nSPS) is 14.9. The van der Waals surface area contributed by atoms with E-state index in [1.807, 2.05) is 6.07 Å². The number of carbonyl (C=O) groups excluding carboxylic acids is 1. The number of hydrogen-bond donors (Lipinski definition) is 2. The Morgan fingerprint density at radius 2 is 1.84 bits per heavy atom. The number of H-pyrrole nitrogens is 1. The number of hydrogen-bond acceptors (Lipinski definition) is 6. The molecule has 1 aliphatic heterocycles. The number of nitrogens with zero attached hydrogens (tertiary/aromatic N) is 3. The summed E-state index contributed by atoms with van der Waals surface area (Å²) in [5, 5.41) is 29.6. The lowest BCUT2D eigenvalue weighted by Gasteiger charge is -2.26. The molecule has 0 fully saturated rings. The summed E-state index contributed by atoms with van der Waals surface area (Å²) in [6.45, 7) is 3.61. The van der Waals surface area contributed by atoms with Gasteiger partial charge in [0.2, 0.25) is 0 Å². The Labute approximate surface area is 144 Å². The minimum Gasteiger partial charge on any atom is -0.464 e. The molecule has 2 aromatic rings. The van der Waals surface area contributed by atoms with Gasteiger partial charge in [0.05, 0.1) is 41.8 Å². The van der Waals surface area contributed by atoms with Crippen molar-refractivity contribution in [3.63, 3.8) is 0 Å². The maximum Gasteiger partial charge on any atom is 0.359 e. The third-order valence-corrected chi connectivity index (χ3v) is 4.30. The summed E-state index contributed by atoms with van der Waals surface area (Å²) in [5.74, 6) is -1.03. The van der Waals surface area contributed by atoms with E-state index in [-0.39, 0.29) is 5.69 Å². The maximum absolute atomic E-state index is 11.9. The summed E-state index contributed by atoms with van der Waals surface area (Å²) < 4.78 is 4.75. The third kappa shape index (κ3) is 2.52. The average Bonchev–Trinajstić information content (AvgIpc) is 3.03. The summed E-state index contributed by atoms with van der Waals surface area (Å²) in [4.78, 5) is 11.9. The largest absolute Gasteiger partial charge is 0.464 e. The van der Waals surface area contributed by atoms with Crippen LogP contribution in [0.25, 0.3) is 10.9 Å². The number of carbonyl (C=O) groups is 1. The Morgan fingerprint density at radius 3 is 2.40 bits per heavy atom. The van der Waals surface area contributed by atoms with Crippen molar-refractivity contribution in [2.45, 2.75) is 19.8 Å². The first-order chi connectivity index (χ1) is 12.0. The second-order valence-corrected chi connectivity index (χ2v) is 5.73. The third-order valence-electron chi connectivity index (χ3n) is 4.30. The number of rotatable bonds is 2. The molecule has 124 valence electrons. The van der Waals surface area contributed by atoms with E-state index < -0.39 is 11.9 Å². The van der Waals surface area contributed by atoms with Gasteiger partial charge in [0, 0.05) is 16.8 Å². The fourth-order valence-electron chi connectivity index (χ4n) is 3.09. The van der Waals surface area contributed by atoms with Crippen LogP contribution in [0.5, 0.6) is 0 Å². The van der Waals surface area contributed by atoms with E-state index in [1.54, 1.807) is 26.0 Å². The summed E-state index contributed by atoms with van der Waals surface area (Å²) in [6, 6.07) is 9.77. The summed E-state index contributed by atoms with van der Waals surface area (Å²) in [7, 11) is 1.29. The number of allylic oxidation sites excluding steroid dienone is 4. The molecule has 0 atom stereocenters. The van der Waals surface area contributed by atoms with E-state index in [2.05, 4.69) is 27.7 Å². The number of benzene rings is 1. The molecule has 1 aromatic carbocycles. The van der Waals surface area contributed by atoms with Gasteiger partial charge in [0.25, 0.3) is 0 Å². The fraction of sp³-hybridized carbons (Fsp3) is 0.222. The van der Waals surface area contributed by atoms with Gasteiger partial charge in [0.15, 0.2) is 5.69 Å². The zero-order valence-corrected chi connectivity index (χ0v) is 14.0. The van der Waals surface area contributed by atoms with Crippen molar-refractivity contribution in [2.75, 3.05) is 7.11 Å². The van der Waals surface area contributed by atoms with Crippen LogP contribution in [0.1, 0.15) is 35.8 Å². The van der Waals surface area contributed by atoms with Gasteiger partial charge in [-0.25, -0.2) is 4.79 Å². The molecule has 0 amide bonds. The molecule has 1 aliphatic rings. The van der Waals surface area contributed by atoms with Crippen LogP contribution in [0.4, 0.5) is 0 Å². The Balaban J connectivity index is 2.23. The summed E-state index contributed by atoms with van der Waals surface area (Å²) in [6.07, 6.45) is 0. The Hall–Kier alpha value is -3.58. The molecule has 2 heterocycles. The second kappa shape index (κ2) is 6.14. The highest BCUT2D eigenvalue weighted by Gasteiger charge is 2.30. The van der Waals surface area contributed by atoms with Crippen LogP contribution in [0, 0.1) is 22.7 Å². The van der Waals surface area contributed by atoms with Gasteiger partial charge in [-0.05, 0) is 31.5 Å². The number of dihydropyridines is 1. The van der Waals surface area contributed by atoms with E-state index in [1.165, 1.54) is 7.11 Å². The molecular formula is C18H15N5O2. The van der Waals surface area contributed by atoms with Crippen molar-refractivity contribution in [1.82, 2.24) is 15.5 Å². The molecule has 25 heavy (non-hydrogen) atoms. The quantitative estimate of drug-likeness (QED) is 0.816. The standard InChI is InChI=1S/C18H15N5O2/c1-9-13(7-19)16(14(8-20)10(2)21-9)11-4-5-15-12(6-11)17(23-22-15)18(24)25-3/h4-6,16,21H,1-3H3,(H,22,23). The average molecular weight is 333 g/mol. The first-order valence-corrected chi connectivity index (χ1v) is 7.56. The zero-order chi connectivity index (χ0) is 18.1. The van der Waals surface area contributed by atoms with Crippen LogP contribution >= 0.6 is 0 Å². The molecule has 0 saturated heterocycles. The van der Waals surface area contributed by atoms with Crippen molar-refractivity contribution in [3.05, 3.63) is 52.0 Å². The molecule has 7 heteroatoms. The van der Waals surface area contributed by atoms with Crippen molar-refractivity contribution in [1.29, 1.82) is 10.5 Å². The minimum atomic E-state index is -0.548. The minimum absolute atomic E-state index is 0.173. The molecule has 3 rings (SSSR count). The van der Waals surface area contributed by atoms with Crippen LogP contribution in [0.2, 0.25) is 0 Å². The molecule has 0 spiro atoms. The van der Waals surface area contributed by atoms with Crippen molar-refractivity contribution < 1.29 is 9.53 Å². The summed E-state index contributed by atoms with van der Waals surface area (Å²) >= 11 is 0. The van der Waals surface area contributed by atoms with Crippen LogP contribution in [-0.4, -0.2) is 23.3 Å². The Bertz CT molecular complexity index is 994. The topological polar surface area (TPSA) is 115 Å². The van der Waals surface area contributed by atoms with E-state index in [9.17, 15) is 15.3 Å². The first kappa shape index (κ1) is 16.3. The monoisotopic (exact) mass is 333 g/mol. The van der Waals surface area contributed by atoms with Gasteiger partial charge in [0.1, 0.15) is 0 Å². The smallest absolute Gasteiger partial charge is 0.359 e. The Kier molecular flexibility index (Phi) is 4.00. The van der Waals surface area contributed by atoms with E-state index in [0.29, 0.717) is 33.4 Å². The lowest BCUT2D eigenvalue weighted by Crippen LogP contribution is -2.23. The van der Waals surface area contributed by atoms with Crippen molar-refractivity contribution >= 4 is 16.9 Å². The molecule has 0 bridgehead atoms. The molecule has 2 N–H and O–H groups in total. The molecular weight excluding hydrogens is 318 g/mol. The van der Waals surface area contributed by atoms with Gasteiger partial charge in [-0.1, -0.05) is 6.07 Å². The number of ether oxygens (including phenoxy) is 1. The molecule has 0 aliphatic carbocycles. The number of fused-ring (bicyclic) bond motifs is 1. The molecule has 0 radical (unpaired) electrons. The lowest BCUT2D eigenvalue weighted by molar-refractivity contribution is 0.0596. The van der Waals surface area contributed by atoms with Gasteiger partial charge in [-0.2, -0.15) is 15.6 Å². The maximum atomic E-state index is 11.9. The van der Waals surface area contributed by atoms with Gasteiger partial charge in [-0.15, -0.1) is 0 Å². The summed E-state index contributed by atoms with van der Waals surface area (Å²) in [5.41, 5.74) is 3.97. The van der Waals surface area contributed by atoms with Gasteiger partial charge < -0.3 is 10.1 Å². The van der Waals surface area contributed by atoms with Crippen LogP contribution in [0.3, 0.4) is 0 Å². The predicted octanol–water partition coefficient (Wildman–Crippen LogP) is 2.63.